The molecule has 0 bridgehead atoms. The summed E-state index contributed by atoms with van der Waals surface area (Å²) in [6.07, 6.45) is 0. The van der Waals surface area contributed by atoms with Crippen LogP contribution >= 0.6 is 0 Å². The Morgan fingerprint density at radius 1 is 1.44 bits per heavy atom. The second-order valence-corrected chi connectivity index (χ2v) is 5.90. The molecule has 0 fully saturated rings. The lowest BCUT2D eigenvalue weighted by Gasteiger charge is -2.18. The van der Waals surface area contributed by atoms with Crippen LogP contribution in [-0.4, -0.2) is 20.0 Å². The Balaban J connectivity index is 2.88. The first-order valence-corrected chi connectivity index (χ1v) is 6.03. The second kappa shape index (κ2) is 4.74. The van der Waals surface area contributed by atoms with Crippen LogP contribution in [0.5, 0.6) is 0 Å². The van der Waals surface area contributed by atoms with Crippen molar-refractivity contribution < 1.29 is 18.5 Å². The molecule has 5 heteroatoms. The van der Waals surface area contributed by atoms with Gasteiger partial charge in [0.05, 0.1) is 5.75 Å². The zero-order valence-electron chi connectivity index (χ0n) is 9.07. The number of benzene rings is 1. The Hall–Kier alpha value is -1.23. The fourth-order valence-corrected chi connectivity index (χ4v) is 2.11. The van der Waals surface area contributed by atoms with Crippen LogP contribution in [0, 0.1) is 5.82 Å². The van der Waals surface area contributed by atoms with Crippen molar-refractivity contribution in [2.45, 2.75) is 24.3 Å². The second-order valence-electron chi connectivity index (χ2n) is 3.90. The molecule has 3 nitrogen and oxygen atoms in total. The van der Waals surface area contributed by atoms with Crippen molar-refractivity contribution in [3.63, 3.8) is 0 Å². The van der Waals surface area contributed by atoms with Crippen molar-refractivity contribution in [2.24, 2.45) is 0 Å². The van der Waals surface area contributed by atoms with Crippen LogP contribution < -0.4 is 0 Å². The van der Waals surface area contributed by atoms with Crippen molar-refractivity contribution in [1.29, 1.82) is 0 Å². The van der Waals surface area contributed by atoms with Crippen LogP contribution in [-0.2, 0) is 21.3 Å². The zero-order chi connectivity index (χ0) is 12.3. The molecule has 0 aromatic heterocycles. The summed E-state index contributed by atoms with van der Waals surface area (Å²) in [5, 5.41) is 8.87. The maximum Gasteiger partial charge on any atom is 0.321 e. The van der Waals surface area contributed by atoms with Crippen LogP contribution in [0.2, 0.25) is 0 Å². The summed E-state index contributed by atoms with van der Waals surface area (Å²) in [5.41, 5.74) is 0.273. The Kier molecular flexibility index (Phi) is 3.80. The summed E-state index contributed by atoms with van der Waals surface area (Å²) >= 11 is 0. The van der Waals surface area contributed by atoms with E-state index >= 15 is 0 Å². The fourth-order valence-electron chi connectivity index (χ4n) is 1.03. The van der Waals surface area contributed by atoms with E-state index in [-0.39, 0.29) is 11.3 Å². The number of hydrogen-bond acceptors (Lipinski definition) is 2. The number of halogens is 1. The molecule has 88 valence electrons. The number of carbonyl (C=O) groups is 1. The normalized spacial score (nSPS) is 13.4. The summed E-state index contributed by atoms with van der Waals surface area (Å²) in [7, 11) is -1.66. The first-order valence-electron chi connectivity index (χ1n) is 4.71. The minimum absolute atomic E-state index is 0.0913. The zero-order valence-corrected chi connectivity index (χ0v) is 9.88. The summed E-state index contributed by atoms with van der Waals surface area (Å²) < 4.78 is 23.7. The minimum Gasteiger partial charge on any atom is -0.480 e. The molecule has 0 aliphatic carbocycles. The Bertz CT molecular complexity index is 429. The van der Waals surface area contributed by atoms with Gasteiger partial charge in [-0.3, -0.25) is 9.00 Å². The first-order chi connectivity index (χ1) is 7.35. The molecule has 1 aromatic rings. The molecule has 0 saturated heterocycles. The van der Waals surface area contributed by atoms with Crippen LogP contribution in [0.15, 0.2) is 24.3 Å². The van der Waals surface area contributed by atoms with Crippen LogP contribution in [0.3, 0.4) is 0 Å². The maximum absolute atomic E-state index is 13.3. The largest absolute Gasteiger partial charge is 0.480 e. The van der Waals surface area contributed by atoms with E-state index in [0.717, 1.165) is 0 Å². The van der Waals surface area contributed by atoms with Crippen LogP contribution in [0.4, 0.5) is 4.39 Å². The monoisotopic (exact) mass is 244 g/mol. The molecule has 0 aliphatic heterocycles. The summed E-state index contributed by atoms with van der Waals surface area (Å²) in [6, 6.07) is 5.93. The highest BCUT2D eigenvalue weighted by atomic mass is 32.2. The number of carboxylic acid groups (broad SMARTS) is 1. The van der Waals surface area contributed by atoms with Gasteiger partial charge in [0.15, 0.2) is 0 Å². The molecule has 1 aromatic carbocycles. The van der Waals surface area contributed by atoms with Gasteiger partial charge in [-0.05, 0) is 19.9 Å². The number of aliphatic carboxylic acids is 1. The van der Waals surface area contributed by atoms with E-state index in [0.29, 0.717) is 0 Å². The molecule has 1 N–H and O–H groups in total. The lowest BCUT2D eigenvalue weighted by molar-refractivity contribution is -0.139. The molecule has 0 spiro atoms. The molecular formula is C11H13FO3S. The van der Waals surface area contributed by atoms with Crippen molar-refractivity contribution in [2.75, 3.05) is 0 Å². The van der Waals surface area contributed by atoms with Gasteiger partial charge in [0, 0.05) is 16.4 Å². The smallest absolute Gasteiger partial charge is 0.321 e. The Morgan fingerprint density at radius 2 is 2.00 bits per heavy atom. The molecule has 1 unspecified atom stereocenters. The lowest BCUT2D eigenvalue weighted by atomic mass is 10.2. The molecule has 0 radical (unpaired) electrons. The van der Waals surface area contributed by atoms with Gasteiger partial charge in [-0.25, -0.2) is 4.39 Å². The number of rotatable bonds is 4. The van der Waals surface area contributed by atoms with E-state index in [1.807, 2.05) is 0 Å². The third kappa shape index (κ3) is 2.66. The standard InChI is InChI=1S/C11H13FO3S/c1-11(2,10(13)14)16(15)7-8-5-3-4-6-9(8)12/h3-6H,7H2,1-2H3,(H,13,14). The van der Waals surface area contributed by atoms with Crippen molar-refractivity contribution in [3.8, 4) is 0 Å². The van der Waals surface area contributed by atoms with E-state index in [1.54, 1.807) is 6.07 Å². The van der Waals surface area contributed by atoms with Crippen molar-refractivity contribution >= 4 is 16.8 Å². The maximum atomic E-state index is 13.3. The summed E-state index contributed by atoms with van der Waals surface area (Å²) in [4.78, 5) is 10.9. The highest BCUT2D eigenvalue weighted by Gasteiger charge is 2.34. The van der Waals surface area contributed by atoms with Gasteiger partial charge in [-0.15, -0.1) is 0 Å². The molecular weight excluding hydrogens is 231 g/mol. The minimum atomic E-state index is -1.66. The Morgan fingerprint density at radius 3 is 2.50 bits per heavy atom. The van der Waals surface area contributed by atoms with Gasteiger partial charge >= 0.3 is 5.97 Å². The van der Waals surface area contributed by atoms with Gasteiger partial charge in [0.1, 0.15) is 10.6 Å². The van der Waals surface area contributed by atoms with Crippen molar-refractivity contribution in [1.82, 2.24) is 0 Å². The quantitative estimate of drug-likeness (QED) is 0.880. The third-order valence-electron chi connectivity index (χ3n) is 2.33. The average molecular weight is 244 g/mol. The van der Waals surface area contributed by atoms with Gasteiger partial charge in [-0.1, -0.05) is 18.2 Å². The lowest BCUT2D eigenvalue weighted by Crippen LogP contribution is -2.37. The number of carboxylic acids is 1. The van der Waals surface area contributed by atoms with E-state index in [9.17, 15) is 13.4 Å². The van der Waals surface area contributed by atoms with Crippen LogP contribution in [0.25, 0.3) is 0 Å². The molecule has 0 aliphatic rings. The van der Waals surface area contributed by atoms with Gasteiger partial charge < -0.3 is 5.11 Å². The molecule has 1 rings (SSSR count). The third-order valence-corrected chi connectivity index (χ3v) is 4.21. The van der Waals surface area contributed by atoms with E-state index in [2.05, 4.69) is 0 Å². The van der Waals surface area contributed by atoms with Crippen LogP contribution in [0.1, 0.15) is 19.4 Å². The molecule has 0 amide bonds. The molecule has 1 atom stereocenters. The van der Waals surface area contributed by atoms with Crippen molar-refractivity contribution in [3.05, 3.63) is 35.6 Å². The Labute approximate surface area is 95.8 Å². The molecule has 0 heterocycles. The number of hydrogen-bond donors (Lipinski definition) is 1. The van der Waals surface area contributed by atoms with E-state index in [4.69, 9.17) is 5.11 Å². The average Bonchev–Trinajstić information content (AvgIpc) is 2.21. The van der Waals surface area contributed by atoms with Gasteiger partial charge in [0.25, 0.3) is 0 Å². The van der Waals surface area contributed by atoms with Gasteiger partial charge in [0.2, 0.25) is 0 Å². The van der Waals surface area contributed by atoms with E-state index in [1.165, 1.54) is 32.0 Å². The first kappa shape index (κ1) is 12.8. The molecule has 16 heavy (non-hydrogen) atoms. The predicted octanol–water partition coefficient (Wildman–Crippen LogP) is 1.94. The SMILES string of the molecule is CC(C)(C(=O)O)S(=O)Cc1ccccc1F. The summed E-state index contributed by atoms with van der Waals surface area (Å²) in [5.74, 6) is -1.70. The summed E-state index contributed by atoms with van der Waals surface area (Å²) in [6.45, 7) is 2.73. The predicted molar refractivity (Wildman–Crippen MR) is 60.0 cm³/mol. The topological polar surface area (TPSA) is 54.4 Å². The highest BCUT2D eigenvalue weighted by Crippen LogP contribution is 2.19. The van der Waals surface area contributed by atoms with Gasteiger partial charge in [-0.2, -0.15) is 0 Å². The molecule has 0 saturated carbocycles. The fraction of sp³-hybridized carbons (Fsp3) is 0.364. The van der Waals surface area contributed by atoms with E-state index < -0.39 is 27.3 Å². The highest BCUT2D eigenvalue weighted by molar-refractivity contribution is 7.86.